The summed E-state index contributed by atoms with van der Waals surface area (Å²) in [6.07, 6.45) is 4.90. The van der Waals surface area contributed by atoms with Crippen LogP contribution in [0.2, 0.25) is 0 Å². The Labute approximate surface area is 123 Å². The van der Waals surface area contributed by atoms with Crippen molar-refractivity contribution >= 4 is 12.4 Å². The first kappa shape index (κ1) is 14.7. The minimum absolute atomic E-state index is 0.269. The molecule has 0 aliphatic carbocycles. The van der Waals surface area contributed by atoms with Crippen LogP contribution in [0.4, 0.5) is 4.39 Å². The van der Waals surface area contributed by atoms with E-state index in [4.69, 9.17) is 4.74 Å². The zero-order valence-corrected chi connectivity index (χ0v) is 11.4. The van der Waals surface area contributed by atoms with E-state index in [0.29, 0.717) is 6.61 Å². The minimum atomic E-state index is -0.269. The van der Waals surface area contributed by atoms with Crippen LogP contribution in [0.25, 0.3) is 0 Å². The summed E-state index contributed by atoms with van der Waals surface area (Å²) < 4.78 is 18.1. The lowest BCUT2D eigenvalue weighted by Crippen LogP contribution is -1.92. The van der Waals surface area contributed by atoms with Crippen molar-refractivity contribution in [3.05, 3.63) is 78.1 Å². The Balaban J connectivity index is 1.91. The molecule has 0 saturated carbocycles. The highest BCUT2D eigenvalue weighted by Gasteiger charge is 1.92. The fourth-order valence-electron chi connectivity index (χ4n) is 1.55. The summed E-state index contributed by atoms with van der Waals surface area (Å²) in [6, 6.07) is 13.5. The van der Waals surface area contributed by atoms with Gasteiger partial charge in [-0.15, -0.1) is 0 Å². The van der Waals surface area contributed by atoms with Gasteiger partial charge in [0.25, 0.3) is 0 Å². The lowest BCUT2D eigenvalue weighted by Gasteiger charge is -2.02. The summed E-state index contributed by atoms with van der Waals surface area (Å²) >= 11 is 0. The molecule has 0 spiro atoms. The zero-order chi connectivity index (χ0) is 14.9. The molecule has 0 heterocycles. The van der Waals surface area contributed by atoms with Gasteiger partial charge in [0.05, 0.1) is 12.4 Å². The Morgan fingerprint density at radius 2 is 1.43 bits per heavy atom. The molecule has 0 radical (unpaired) electrons. The van der Waals surface area contributed by atoms with Crippen molar-refractivity contribution in [2.24, 2.45) is 10.2 Å². The predicted molar refractivity (Wildman–Crippen MR) is 83.7 cm³/mol. The van der Waals surface area contributed by atoms with E-state index in [1.807, 2.05) is 24.3 Å². The van der Waals surface area contributed by atoms with E-state index in [0.717, 1.165) is 16.9 Å². The van der Waals surface area contributed by atoms with Crippen LogP contribution in [0, 0.1) is 5.82 Å². The first-order chi connectivity index (χ1) is 10.3. The molecule has 0 unspecified atom stereocenters. The number of nitrogens with zero attached hydrogens (tertiary/aromatic N) is 2. The highest BCUT2D eigenvalue weighted by Crippen LogP contribution is 2.11. The second-order valence-corrected chi connectivity index (χ2v) is 4.21. The van der Waals surface area contributed by atoms with Crippen LogP contribution in [0.1, 0.15) is 11.1 Å². The molecule has 2 rings (SSSR count). The lowest BCUT2D eigenvalue weighted by molar-refractivity contribution is 0.363. The highest BCUT2D eigenvalue weighted by atomic mass is 19.1. The molecule has 4 heteroatoms. The van der Waals surface area contributed by atoms with E-state index in [1.165, 1.54) is 12.1 Å². The largest absolute Gasteiger partial charge is 0.490 e. The first-order valence-electron chi connectivity index (χ1n) is 6.43. The van der Waals surface area contributed by atoms with Gasteiger partial charge in [-0.3, -0.25) is 0 Å². The predicted octanol–water partition coefficient (Wildman–Crippen LogP) is 3.84. The summed E-state index contributed by atoms with van der Waals surface area (Å²) in [4.78, 5) is 0. The summed E-state index contributed by atoms with van der Waals surface area (Å²) in [5, 5.41) is 7.86. The third-order valence-corrected chi connectivity index (χ3v) is 2.60. The summed E-state index contributed by atoms with van der Waals surface area (Å²) in [5.41, 5.74) is 1.71. The molecule has 0 N–H and O–H groups in total. The SMILES string of the molecule is C=CCOc1ccc(/C=N/N=C/c2ccc(F)cc2)cc1. The van der Waals surface area contributed by atoms with Crippen molar-refractivity contribution in [1.82, 2.24) is 0 Å². The maximum absolute atomic E-state index is 12.7. The van der Waals surface area contributed by atoms with Gasteiger partial charge in [-0.25, -0.2) is 4.39 Å². The number of benzene rings is 2. The Kier molecular flexibility index (Phi) is 5.41. The number of hydrogen-bond donors (Lipinski definition) is 0. The van der Waals surface area contributed by atoms with Crippen LogP contribution in [-0.2, 0) is 0 Å². The Morgan fingerprint density at radius 1 is 0.905 bits per heavy atom. The van der Waals surface area contributed by atoms with E-state index < -0.39 is 0 Å². The van der Waals surface area contributed by atoms with Gasteiger partial charge in [0.1, 0.15) is 18.2 Å². The topological polar surface area (TPSA) is 34.0 Å². The van der Waals surface area contributed by atoms with Crippen LogP contribution < -0.4 is 4.74 Å². The second-order valence-electron chi connectivity index (χ2n) is 4.21. The summed E-state index contributed by atoms with van der Waals surface area (Å²) in [6.45, 7) is 4.07. The molecule has 0 bridgehead atoms. The van der Waals surface area contributed by atoms with Gasteiger partial charge in [0, 0.05) is 0 Å². The fraction of sp³-hybridized carbons (Fsp3) is 0.0588. The molecular weight excluding hydrogens is 267 g/mol. The third-order valence-electron chi connectivity index (χ3n) is 2.60. The van der Waals surface area contributed by atoms with Crippen molar-refractivity contribution < 1.29 is 9.13 Å². The molecule has 0 aromatic heterocycles. The van der Waals surface area contributed by atoms with Crippen molar-refractivity contribution in [3.63, 3.8) is 0 Å². The monoisotopic (exact) mass is 282 g/mol. The molecule has 0 saturated heterocycles. The van der Waals surface area contributed by atoms with Gasteiger partial charge in [-0.1, -0.05) is 24.8 Å². The molecule has 2 aromatic rings. The number of halogens is 1. The Morgan fingerprint density at radius 3 is 1.95 bits per heavy atom. The molecule has 0 aliphatic heterocycles. The number of ether oxygens (including phenoxy) is 1. The van der Waals surface area contributed by atoms with Crippen LogP contribution in [0.5, 0.6) is 5.75 Å². The molecule has 0 aliphatic rings. The van der Waals surface area contributed by atoms with Gasteiger partial charge in [-0.2, -0.15) is 10.2 Å². The molecule has 106 valence electrons. The first-order valence-corrected chi connectivity index (χ1v) is 6.43. The van der Waals surface area contributed by atoms with Gasteiger partial charge >= 0.3 is 0 Å². The average Bonchev–Trinajstić information content (AvgIpc) is 2.52. The van der Waals surface area contributed by atoms with Crippen molar-refractivity contribution in [1.29, 1.82) is 0 Å². The van der Waals surface area contributed by atoms with Crippen molar-refractivity contribution in [2.75, 3.05) is 6.61 Å². The van der Waals surface area contributed by atoms with Crippen LogP contribution in [-0.4, -0.2) is 19.0 Å². The molecule has 21 heavy (non-hydrogen) atoms. The maximum Gasteiger partial charge on any atom is 0.123 e. The normalized spacial score (nSPS) is 11.1. The molecule has 0 fully saturated rings. The quantitative estimate of drug-likeness (QED) is 0.450. The lowest BCUT2D eigenvalue weighted by atomic mass is 10.2. The van der Waals surface area contributed by atoms with Gasteiger partial charge in [-0.05, 0) is 47.5 Å². The minimum Gasteiger partial charge on any atom is -0.490 e. The van der Waals surface area contributed by atoms with Crippen LogP contribution in [0.15, 0.2) is 71.4 Å². The fourth-order valence-corrected chi connectivity index (χ4v) is 1.55. The van der Waals surface area contributed by atoms with E-state index in [2.05, 4.69) is 16.8 Å². The number of hydrogen-bond acceptors (Lipinski definition) is 3. The highest BCUT2D eigenvalue weighted by molar-refractivity contribution is 5.82. The van der Waals surface area contributed by atoms with Crippen LogP contribution in [0.3, 0.4) is 0 Å². The van der Waals surface area contributed by atoms with E-state index in [9.17, 15) is 4.39 Å². The van der Waals surface area contributed by atoms with Gasteiger partial charge in [0.15, 0.2) is 0 Å². The Bertz CT molecular complexity index is 631. The third kappa shape index (κ3) is 5.03. The summed E-state index contributed by atoms with van der Waals surface area (Å²) in [7, 11) is 0. The van der Waals surface area contributed by atoms with E-state index in [1.54, 1.807) is 30.6 Å². The molecular formula is C17H15FN2O. The second kappa shape index (κ2) is 7.75. The van der Waals surface area contributed by atoms with Crippen molar-refractivity contribution in [2.45, 2.75) is 0 Å². The maximum atomic E-state index is 12.7. The summed E-state index contributed by atoms with van der Waals surface area (Å²) in [5.74, 6) is 0.510. The molecule has 2 aromatic carbocycles. The standard InChI is InChI=1S/C17H15FN2O/c1-2-11-21-17-9-5-15(6-10-17)13-20-19-12-14-3-7-16(18)8-4-14/h2-10,12-13H,1,11H2/b19-12+,20-13+. The van der Waals surface area contributed by atoms with Crippen LogP contribution >= 0.6 is 0 Å². The molecule has 0 atom stereocenters. The molecule has 3 nitrogen and oxygen atoms in total. The zero-order valence-electron chi connectivity index (χ0n) is 11.4. The molecule has 0 amide bonds. The van der Waals surface area contributed by atoms with Crippen molar-refractivity contribution in [3.8, 4) is 5.75 Å². The average molecular weight is 282 g/mol. The number of rotatable bonds is 6. The van der Waals surface area contributed by atoms with E-state index >= 15 is 0 Å². The van der Waals surface area contributed by atoms with E-state index in [-0.39, 0.29) is 5.82 Å². The smallest absolute Gasteiger partial charge is 0.123 e. The van der Waals surface area contributed by atoms with Gasteiger partial charge < -0.3 is 4.74 Å². The van der Waals surface area contributed by atoms with Gasteiger partial charge in [0.2, 0.25) is 0 Å². The Hall–Kier alpha value is -2.75.